The molecule has 21 heavy (non-hydrogen) atoms. The van der Waals surface area contributed by atoms with E-state index in [1.54, 1.807) is 0 Å². The van der Waals surface area contributed by atoms with Gasteiger partial charge in [0.05, 0.1) is 17.5 Å². The summed E-state index contributed by atoms with van der Waals surface area (Å²) in [6, 6.07) is 7.62. The van der Waals surface area contributed by atoms with Gasteiger partial charge in [-0.05, 0) is 36.8 Å². The van der Waals surface area contributed by atoms with E-state index in [1.807, 2.05) is 31.2 Å². The predicted octanol–water partition coefficient (Wildman–Crippen LogP) is 3.28. The molecule has 3 aliphatic rings. The molecule has 5 heteroatoms. The van der Waals surface area contributed by atoms with Gasteiger partial charge < -0.3 is 0 Å². The molecule has 3 fully saturated rings. The van der Waals surface area contributed by atoms with Gasteiger partial charge in [-0.15, -0.1) is 0 Å². The van der Waals surface area contributed by atoms with Crippen molar-refractivity contribution in [3.63, 3.8) is 0 Å². The summed E-state index contributed by atoms with van der Waals surface area (Å²) < 4.78 is 0. The van der Waals surface area contributed by atoms with Crippen LogP contribution in [-0.4, -0.2) is 21.5 Å². The molecule has 2 bridgehead atoms. The number of amides is 2. The number of hydrogen-bond acceptors (Lipinski definition) is 2. The van der Waals surface area contributed by atoms with Gasteiger partial charge in [0, 0.05) is 9.65 Å². The summed E-state index contributed by atoms with van der Waals surface area (Å²) in [5, 5.41) is 0. The van der Waals surface area contributed by atoms with Crippen LogP contribution in [0.1, 0.15) is 12.0 Å². The Morgan fingerprint density at radius 2 is 1.52 bits per heavy atom. The van der Waals surface area contributed by atoms with Crippen LogP contribution in [0.25, 0.3) is 0 Å². The third-order valence-corrected chi connectivity index (χ3v) is 8.55. The van der Waals surface area contributed by atoms with Gasteiger partial charge in [0.1, 0.15) is 0 Å². The minimum atomic E-state index is -0.139. The van der Waals surface area contributed by atoms with Crippen LogP contribution in [-0.2, 0) is 9.59 Å². The van der Waals surface area contributed by atoms with Crippen molar-refractivity contribution in [1.29, 1.82) is 0 Å². The number of carbonyl (C=O) groups excluding carboxylic acids is 2. The van der Waals surface area contributed by atoms with Crippen LogP contribution < -0.4 is 4.90 Å². The first-order valence-electron chi connectivity index (χ1n) is 7.24. The summed E-state index contributed by atoms with van der Waals surface area (Å²) >= 11 is 7.41. The van der Waals surface area contributed by atoms with Gasteiger partial charge in [-0.25, -0.2) is 4.90 Å². The van der Waals surface area contributed by atoms with Crippen molar-refractivity contribution in [2.45, 2.75) is 23.0 Å². The highest BCUT2D eigenvalue weighted by Crippen LogP contribution is 2.60. The van der Waals surface area contributed by atoms with Crippen LogP contribution in [0.15, 0.2) is 24.3 Å². The van der Waals surface area contributed by atoms with Crippen LogP contribution in [0.3, 0.4) is 0 Å². The molecular formula is C16H15Br2NO2. The lowest BCUT2D eigenvalue weighted by Crippen LogP contribution is -2.37. The third kappa shape index (κ3) is 1.70. The first kappa shape index (κ1) is 13.9. The number of carbonyl (C=O) groups is 2. The zero-order valence-electron chi connectivity index (χ0n) is 11.5. The van der Waals surface area contributed by atoms with Gasteiger partial charge >= 0.3 is 0 Å². The molecule has 2 aliphatic carbocycles. The zero-order valence-corrected chi connectivity index (χ0v) is 14.7. The summed E-state index contributed by atoms with van der Waals surface area (Å²) in [4.78, 5) is 27.7. The van der Waals surface area contributed by atoms with E-state index in [-0.39, 0.29) is 45.1 Å². The highest BCUT2D eigenvalue weighted by Gasteiger charge is 2.66. The molecule has 0 aromatic heterocycles. The second kappa shape index (κ2) is 4.66. The van der Waals surface area contributed by atoms with Crippen molar-refractivity contribution in [3.8, 4) is 0 Å². The van der Waals surface area contributed by atoms with Crippen molar-refractivity contribution >= 4 is 49.4 Å². The summed E-state index contributed by atoms with van der Waals surface area (Å²) in [5.41, 5.74) is 1.72. The maximum atomic E-state index is 12.9. The van der Waals surface area contributed by atoms with Gasteiger partial charge in [-0.3, -0.25) is 9.59 Å². The SMILES string of the molecule is Cc1ccccc1N1C(=O)C2C3CC(C(Br)C3Br)C2C1=O. The molecule has 6 atom stereocenters. The standard InChI is InChI=1S/C16H15Br2NO2/c1-7-4-2-3-5-10(7)19-15(20)11-8-6-9(12(11)16(19)21)14(18)13(8)17/h2-5,8-9,11-14H,6H2,1H3. The number of para-hydroxylation sites is 1. The Balaban J connectivity index is 1.77. The number of rotatable bonds is 1. The van der Waals surface area contributed by atoms with Gasteiger partial charge in [-0.1, -0.05) is 50.1 Å². The molecule has 1 aromatic carbocycles. The molecule has 2 saturated carbocycles. The van der Waals surface area contributed by atoms with E-state index >= 15 is 0 Å². The van der Waals surface area contributed by atoms with Crippen molar-refractivity contribution in [3.05, 3.63) is 29.8 Å². The fourth-order valence-electron chi connectivity index (χ4n) is 4.40. The number of imide groups is 1. The van der Waals surface area contributed by atoms with Crippen LogP contribution in [0.5, 0.6) is 0 Å². The molecule has 6 unspecified atom stereocenters. The second-order valence-electron chi connectivity index (χ2n) is 6.30. The van der Waals surface area contributed by atoms with Crippen molar-refractivity contribution in [2.75, 3.05) is 4.90 Å². The van der Waals surface area contributed by atoms with E-state index in [2.05, 4.69) is 31.9 Å². The van der Waals surface area contributed by atoms with Crippen LogP contribution >= 0.6 is 31.9 Å². The molecule has 0 spiro atoms. The first-order chi connectivity index (χ1) is 10.0. The van der Waals surface area contributed by atoms with Gasteiger partial charge in [-0.2, -0.15) is 0 Å². The smallest absolute Gasteiger partial charge is 0.238 e. The molecule has 1 heterocycles. The Morgan fingerprint density at radius 1 is 1.00 bits per heavy atom. The molecule has 110 valence electrons. The van der Waals surface area contributed by atoms with Crippen LogP contribution in [0.4, 0.5) is 5.69 Å². The number of nitrogens with zero attached hydrogens (tertiary/aromatic N) is 1. The normalized spacial score (nSPS) is 41.0. The Hall–Kier alpha value is -0.680. The second-order valence-corrected chi connectivity index (χ2v) is 8.42. The number of fused-ring (bicyclic) bond motifs is 5. The minimum Gasteiger partial charge on any atom is -0.274 e. The Bertz CT molecular complexity index is 615. The highest BCUT2D eigenvalue weighted by molar-refractivity contribution is 9.12. The van der Waals surface area contributed by atoms with Gasteiger partial charge in [0.15, 0.2) is 0 Å². The first-order valence-corrected chi connectivity index (χ1v) is 9.07. The molecule has 0 radical (unpaired) electrons. The Morgan fingerprint density at radius 3 is 2.05 bits per heavy atom. The lowest BCUT2D eigenvalue weighted by Gasteiger charge is -2.28. The maximum absolute atomic E-state index is 12.9. The quantitative estimate of drug-likeness (QED) is 0.524. The van der Waals surface area contributed by atoms with Crippen LogP contribution in [0, 0.1) is 30.6 Å². The van der Waals surface area contributed by atoms with E-state index in [0.29, 0.717) is 0 Å². The minimum absolute atomic E-state index is 0.00403. The molecule has 1 saturated heterocycles. The predicted molar refractivity (Wildman–Crippen MR) is 87.7 cm³/mol. The van der Waals surface area contributed by atoms with E-state index < -0.39 is 0 Å². The summed E-state index contributed by atoms with van der Waals surface area (Å²) in [7, 11) is 0. The topological polar surface area (TPSA) is 37.4 Å². The van der Waals surface area contributed by atoms with Gasteiger partial charge in [0.25, 0.3) is 0 Å². The van der Waals surface area contributed by atoms with E-state index in [0.717, 1.165) is 17.7 Å². The molecule has 0 N–H and O–H groups in total. The average Bonchev–Trinajstić information content (AvgIpc) is 3.06. The van der Waals surface area contributed by atoms with E-state index in [4.69, 9.17) is 0 Å². The summed E-state index contributed by atoms with van der Waals surface area (Å²) in [6.07, 6.45) is 0.972. The maximum Gasteiger partial charge on any atom is 0.238 e. The zero-order chi connectivity index (χ0) is 14.9. The fraction of sp³-hybridized carbons (Fsp3) is 0.500. The van der Waals surface area contributed by atoms with Crippen LogP contribution in [0.2, 0.25) is 0 Å². The van der Waals surface area contributed by atoms with Crippen molar-refractivity contribution in [1.82, 2.24) is 0 Å². The van der Waals surface area contributed by atoms with E-state index in [1.165, 1.54) is 4.90 Å². The molecule has 1 aliphatic heterocycles. The molecule has 2 amide bonds. The Kier molecular flexibility index (Phi) is 3.09. The van der Waals surface area contributed by atoms with Crippen molar-refractivity contribution in [2.24, 2.45) is 23.7 Å². The van der Waals surface area contributed by atoms with Crippen molar-refractivity contribution < 1.29 is 9.59 Å². The Labute approximate surface area is 140 Å². The van der Waals surface area contributed by atoms with Gasteiger partial charge in [0.2, 0.25) is 11.8 Å². The number of alkyl halides is 2. The lowest BCUT2D eigenvalue weighted by atomic mass is 9.81. The monoisotopic (exact) mass is 411 g/mol. The summed E-state index contributed by atoms with van der Waals surface area (Å²) in [6.45, 7) is 1.94. The third-order valence-electron chi connectivity index (χ3n) is 5.34. The highest BCUT2D eigenvalue weighted by atomic mass is 79.9. The number of benzene rings is 1. The number of hydrogen-bond donors (Lipinski definition) is 0. The fourth-order valence-corrected chi connectivity index (χ4v) is 6.27. The number of halogens is 2. The number of aryl methyl sites for hydroxylation is 1. The largest absolute Gasteiger partial charge is 0.274 e. The molecule has 3 nitrogen and oxygen atoms in total. The summed E-state index contributed by atoms with van der Waals surface area (Å²) in [5.74, 6) is 0.261. The molecule has 4 rings (SSSR count). The number of anilines is 1. The molecule has 1 aromatic rings. The molecular weight excluding hydrogens is 398 g/mol. The lowest BCUT2D eigenvalue weighted by molar-refractivity contribution is -0.123. The van der Waals surface area contributed by atoms with E-state index in [9.17, 15) is 9.59 Å². The average molecular weight is 413 g/mol.